The molecule has 1 aliphatic rings. The Bertz CT molecular complexity index is 2270. The first-order valence-electron chi connectivity index (χ1n) is 30.8. The Morgan fingerprint density at radius 1 is 0.531 bits per heavy atom. The summed E-state index contributed by atoms with van der Waals surface area (Å²) in [6.45, 7) is 10.0. The van der Waals surface area contributed by atoms with E-state index < -0.39 is 67.0 Å². The molecule has 2 aromatic carbocycles. The van der Waals surface area contributed by atoms with Crippen molar-refractivity contribution >= 4 is 32.1 Å². The van der Waals surface area contributed by atoms with Crippen LogP contribution in [0.15, 0.2) is 36.4 Å². The number of rotatable bonds is 48. The van der Waals surface area contributed by atoms with E-state index in [1.165, 1.54) is 120 Å². The van der Waals surface area contributed by atoms with Crippen LogP contribution in [-0.2, 0) is 34.4 Å². The molecule has 0 spiro atoms. The van der Waals surface area contributed by atoms with Gasteiger partial charge >= 0.3 is 16.1 Å². The average molecular weight is 1190 g/mol. The van der Waals surface area contributed by atoms with Gasteiger partial charge in [-0.1, -0.05) is 207 Å². The number of carbonyl (C=O) groups excluding carboxylic acids is 2. The zero-order valence-corrected chi connectivity index (χ0v) is 51.4. The third-order valence-electron chi connectivity index (χ3n) is 14.9. The Labute approximate surface area is 486 Å². The lowest BCUT2D eigenvalue weighted by atomic mass is 9.95. The third kappa shape index (κ3) is 26.0. The molecule has 466 valence electrons. The monoisotopic (exact) mass is 1190 g/mol. The van der Waals surface area contributed by atoms with Gasteiger partial charge in [-0.3, -0.25) is 13.9 Å². The molecule has 0 aromatic heterocycles. The number of esters is 1. The topological polar surface area (TPSA) is 260 Å². The molecular weight excluding hydrogens is 1080 g/mol. The maximum atomic E-state index is 14.5. The Balaban J connectivity index is 1.99. The van der Waals surface area contributed by atoms with Crippen LogP contribution in [0, 0.1) is 0 Å². The maximum Gasteiger partial charge on any atom is 0.338 e. The predicted octanol–water partition coefficient (Wildman–Crippen LogP) is 13.2. The number of nitrogens with one attached hydrogen (secondary N) is 1. The highest BCUT2D eigenvalue weighted by Crippen LogP contribution is 2.40. The Hall–Kier alpha value is -3.76. The van der Waals surface area contributed by atoms with Gasteiger partial charge in [0.2, 0.25) is 5.44 Å². The van der Waals surface area contributed by atoms with Crippen LogP contribution in [0.2, 0.25) is 0 Å². The van der Waals surface area contributed by atoms with E-state index in [4.69, 9.17) is 33.2 Å². The van der Waals surface area contributed by atoms with Crippen molar-refractivity contribution in [3.05, 3.63) is 47.5 Å². The van der Waals surface area contributed by atoms with Crippen molar-refractivity contribution in [1.82, 2.24) is 5.32 Å². The summed E-state index contributed by atoms with van der Waals surface area (Å²) in [6.07, 6.45) is 26.7. The fourth-order valence-electron chi connectivity index (χ4n) is 9.95. The van der Waals surface area contributed by atoms with E-state index in [1.54, 1.807) is 6.07 Å². The third-order valence-corrected chi connectivity index (χ3v) is 17.0. The highest BCUT2D eigenvalue weighted by atomic mass is 32.2. The van der Waals surface area contributed by atoms with Gasteiger partial charge in [0.1, 0.15) is 6.04 Å². The second-order valence-electron chi connectivity index (χ2n) is 21.7. The molecule has 0 aliphatic carbocycles. The number of aliphatic hydroxyl groups is 2. The molecule has 1 fully saturated rings. The van der Waals surface area contributed by atoms with E-state index in [-0.39, 0.29) is 29.2 Å². The molecule has 0 saturated carbocycles. The molecule has 3 rings (SSSR count). The second kappa shape index (κ2) is 40.5. The van der Waals surface area contributed by atoms with E-state index in [2.05, 4.69) is 33.0 Å². The minimum atomic E-state index is -6.11. The number of amides is 1. The summed E-state index contributed by atoms with van der Waals surface area (Å²) in [5, 5.41) is 25.6. The van der Waals surface area contributed by atoms with Gasteiger partial charge in [-0.25, -0.2) is 4.79 Å². The van der Waals surface area contributed by atoms with Crippen molar-refractivity contribution in [2.75, 3.05) is 33.5 Å². The molecule has 18 nitrogen and oxygen atoms in total. The lowest BCUT2D eigenvalue weighted by Gasteiger charge is -2.49. The molecule has 1 unspecified atom stereocenters. The normalized spacial score (nSPS) is 18.8. The number of carbonyl (C=O) groups is 2. The molecule has 1 saturated heterocycles. The van der Waals surface area contributed by atoms with Crippen molar-refractivity contribution < 1.29 is 78.9 Å². The molecule has 5 N–H and O–H groups in total. The molecular formula is C61H103NO17S2. The van der Waals surface area contributed by atoms with Crippen LogP contribution in [0.3, 0.4) is 0 Å². The average Bonchev–Trinajstić information content (AvgIpc) is 3.56. The summed E-state index contributed by atoms with van der Waals surface area (Å²) in [4.78, 5) is 24.8. The van der Waals surface area contributed by atoms with Gasteiger partial charge in [-0.05, 0) is 62.1 Å². The highest BCUT2D eigenvalue weighted by Gasteiger charge is 2.69. The maximum absolute atomic E-state index is 14.5. The first-order chi connectivity index (χ1) is 39.0. The lowest BCUT2D eigenvalue weighted by molar-refractivity contribution is -0.279. The zero-order valence-electron chi connectivity index (χ0n) is 49.7. The van der Waals surface area contributed by atoms with Crippen LogP contribution in [0.4, 0.5) is 0 Å². The highest BCUT2D eigenvalue weighted by molar-refractivity contribution is 7.87. The van der Waals surface area contributed by atoms with Crippen LogP contribution in [-0.4, -0.2) is 116 Å². The van der Waals surface area contributed by atoms with E-state index in [1.807, 2.05) is 0 Å². The van der Waals surface area contributed by atoms with Gasteiger partial charge in [-0.2, -0.15) is 16.8 Å². The van der Waals surface area contributed by atoms with Crippen molar-refractivity contribution in [2.45, 2.75) is 268 Å². The van der Waals surface area contributed by atoms with Gasteiger partial charge in [0.25, 0.3) is 21.0 Å². The predicted molar refractivity (Wildman–Crippen MR) is 315 cm³/mol. The lowest BCUT2D eigenvalue weighted by Crippen LogP contribution is -2.76. The summed E-state index contributed by atoms with van der Waals surface area (Å²) >= 11 is 0. The number of benzene rings is 2. The first kappa shape index (κ1) is 71.5. The zero-order chi connectivity index (χ0) is 59.4. The van der Waals surface area contributed by atoms with Gasteiger partial charge in [0.05, 0.1) is 32.0 Å². The molecule has 1 heterocycles. The number of unbranched alkanes of at least 4 members (excludes halogenated alkanes) is 28. The molecule has 2 aromatic rings. The van der Waals surface area contributed by atoms with Crippen molar-refractivity contribution in [2.24, 2.45) is 0 Å². The van der Waals surface area contributed by atoms with E-state index in [0.717, 1.165) is 116 Å². The molecule has 0 radical (unpaired) electrons. The van der Waals surface area contributed by atoms with Gasteiger partial charge in [-0.15, -0.1) is 0 Å². The van der Waals surface area contributed by atoms with Gasteiger partial charge in [0, 0.05) is 12.7 Å². The largest absolute Gasteiger partial charge is 0.490 e. The molecule has 0 bridgehead atoms. The Kier molecular flexibility index (Phi) is 35.7. The molecule has 81 heavy (non-hydrogen) atoms. The van der Waals surface area contributed by atoms with Crippen LogP contribution >= 0.6 is 0 Å². The van der Waals surface area contributed by atoms with Crippen LogP contribution < -0.4 is 24.3 Å². The minimum absolute atomic E-state index is 0.0726. The van der Waals surface area contributed by atoms with Gasteiger partial charge < -0.3 is 48.7 Å². The Morgan fingerprint density at radius 2 is 0.864 bits per heavy atom. The smallest absolute Gasteiger partial charge is 0.338 e. The summed E-state index contributed by atoms with van der Waals surface area (Å²) in [5.41, 5.74) is -3.61. The summed E-state index contributed by atoms with van der Waals surface area (Å²) in [5.74, 6) is -1.22. The summed E-state index contributed by atoms with van der Waals surface area (Å²) in [6, 6.07) is 6.40. The molecule has 20 heteroatoms. The molecule has 1 amide bonds. The SMILES string of the molecule is CCCCCCCCCCOc1ccc(C(=O)N[C@H]2[C@@H](OC)O[C@H](C(O)S(=O)(=O)O)[C@](O)(S(=O)(=O)O)[C@@H]2OC(=O)c2ccc(OCCCCCCCCCC)c(OCCCCCCCCCC)c2)cc1OCCCCCCCCCC. The number of hydrogen-bond donors (Lipinski definition) is 5. The van der Waals surface area contributed by atoms with Crippen LogP contribution in [0.5, 0.6) is 23.0 Å². The minimum Gasteiger partial charge on any atom is -0.490 e. The van der Waals surface area contributed by atoms with E-state index in [0.29, 0.717) is 37.7 Å². The summed E-state index contributed by atoms with van der Waals surface area (Å²) < 4.78 is 114. The molecule has 6 atom stereocenters. The number of aliphatic hydroxyl groups excluding tert-OH is 1. The van der Waals surface area contributed by atoms with E-state index >= 15 is 0 Å². The van der Waals surface area contributed by atoms with E-state index in [9.17, 15) is 45.7 Å². The molecule has 1 aliphatic heterocycles. The number of methoxy groups -OCH3 is 1. The van der Waals surface area contributed by atoms with Crippen molar-refractivity contribution in [1.29, 1.82) is 0 Å². The number of ether oxygens (including phenoxy) is 7. The summed E-state index contributed by atoms with van der Waals surface area (Å²) in [7, 11) is -10.8. The van der Waals surface area contributed by atoms with Crippen LogP contribution in [0.25, 0.3) is 0 Å². The van der Waals surface area contributed by atoms with Crippen LogP contribution in [0.1, 0.15) is 254 Å². The quantitative estimate of drug-likeness (QED) is 0.0234. The fraction of sp³-hybridized carbons (Fsp3) is 0.770. The Morgan fingerprint density at radius 3 is 1.21 bits per heavy atom. The first-order valence-corrected chi connectivity index (χ1v) is 33.8. The van der Waals surface area contributed by atoms with Crippen molar-refractivity contribution in [3.63, 3.8) is 0 Å². The van der Waals surface area contributed by atoms with Gasteiger partial charge in [0.15, 0.2) is 41.5 Å². The second-order valence-corrected chi connectivity index (χ2v) is 24.9. The number of hydrogen-bond acceptors (Lipinski definition) is 15. The fourth-order valence-corrected chi connectivity index (χ4v) is 11.6. The standard InChI is InChI=1S/C61H103NO17S2/c1-6-10-14-18-22-26-30-34-42-74-50-40-38-48(46-52(50)76-44-36-32-28-24-20-16-12-8-3)57(63)62-54-55(61(66,81(70,71)72)56(79-60(54)73-5)59(65)80(67,68)69)78-58(64)49-39-41-51(75-43-35-31-27-23-19-15-11-7-2)53(47-49)77-45-37-33-29-25-21-17-13-9-4/h38-41,46-47,54-56,59-60,65-66H,6-37,42-45H2,1-5H3,(H,62,63)(H,67,68,69)(H,70,71,72)/t54-,55-,56-,59?,60+,61-/m1/s1. The van der Waals surface area contributed by atoms with Crippen molar-refractivity contribution in [3.8, 4) is 23.0 Å².